The van der Waals surface area contributed by atoms with Gasteiger partial charge in [-0.05, 0) is 44.9 Å². The van der Waals surface area contributed by atoms with Gasteiger partial charge >= 0.3 is 6.09 Å². The van der Waals surface area contributed by atoms with Crippen LogP contribution in [-0.4, -0.2) is 23.3 Å². The van der Waals surface area contributed by atoms with Crippen molar-refractivity contribution in [2.75, 3.05) is 6.54 Å². The maximum absolute atomic E-state index is 11.4. The van der Waals surface area contributed by atoms with Crippen molar-refractivity contribution in [3.63, 3.8) is 0 Å². The van der Waals surface area contributed by atoms with Crippen LogP contribution in [0, 0.1) is 0 Å². The van der Waals surface area contributed by atoms with E-state index in [0.717, 1.165) is 10.0 Å². The number of hydrogen-bond acceptors (Lipinski definition) is 3. The van der Waals surface area contributed by atoms with E-state index in [1.807, 2.05) is 45.0 Å². The highest BCUT2D eigenvalue weighted by molar-refractivity contribution is 9.10. The molecule has 0 saturated heterocycles. The number of carbonyl (C=O) groups excluding carboxylic acids is 1. The fourth-order valence-corrected chi connectivity index (χ4v) is 1.92. The first-order valence-corrected chi connectivity index (χ1v) is 6.97. The Bertz CT molecular complexity index is 429. The van der Waals surface area contributed by atoms with Gasteiger partial charge in [0.25, 0.3) is 0 Å². The van der Waals surface area contributed by atoms with Gasteiger partial charge in [-0.15, -0.1) is 0 Å². The first-order valence-electron chi connectivity index (χ1n) is 6.18. The van der Waals surface area contributed by atoms with Crippen LogP contribution in [0.15, 0.2) is 28.7 Å². The molecule has 19 heavy (non-hydrogen) atoms. The van der Waals surface area contributed by atoms with E-state index < -0.39 is 17.8 Å². The Morgan fingerprint density at radius 1 is 1.47 bits per heavy atom. The second kappa shape index (κ2) is 6.91. The van der Waals surface area contributed by atoms with Crippen LogP contribution in [0.3, 0.4) is 0 Å². The second-order valence-corrected chi connectivity index (χ2v) is 6.20. The average Bonchev–Trinajstić information content (AvgIpc) is 2.26. The molecular weight excluding hydrogens is 310 g/mol. The number of alkyl carbamates (subject to hydrolysis) is 1. The largest absolute Gasteiger partial charge is 0.444 e. The zero-order valence-corrected chi connectivity index (χ0v) is 13.0. The summed E-state index contributed by atoms with van der Waals surface area (Å²) in [5.74, 6) is 0. The lowest BCUT2D eigenvalue weighted by Crippen LogP contribution is -2.33. The number of hydrogen-bond donors (Lipinski definition) is 2. The summed E-state index contributed by atoms with van der Waals surface area (Å²) in [6, 6.07) is 7.47. The molecule has 0 saturated carbocycles. The summed E-state index contributed by atoms with van der Waals surface area (Å²) in [6.45, 7) is 5.79. The lowest BCUT2D eigenvalue weighted by Gasteiger charge is -2.20. The van der Waals surface area contributed by atoms with Crippen molar-refractivity contribution in [2.24, 2.45) is 0 Å². The number of amides is 1. The number of aliphatic hydroxyl groups is 1. The first kappa shape index (κ1) is 16.0. The van der Waals surface area contributed by atoms with Crippen LogP contribution >= 0.6 is 15.9 Å². The van der Waals surface area contributed by atoms with Gasteiger partial charge in [0.05, 0.1) is 6.10 Å². The molecule has 106 valence electrons. The van der Waals surface area contributed by atoms with Gasteiger partial charge in [-0.2, -0.15) is 0 Å². The summed E-state index contributed by atoms with van der Waals surface area (Å²) in [6.07, 6.45) is -0.628. The van der Waals surface area contributed by atoms with Crippen molar-refractivity contribution in [2.45, 2.75) is 38.9 Å². The highest BCUT2D eigenvalue weighted by atomic mass is 79.9. The molecule has 1 amide bonds. The number of rotatable bonds is 4. The number of benzene rings is 1. The van der Waals surface area contributed by atoms with Gasteiger partial charge in [-0.1, -0.05) is 28.1 Å². The quantitative estimate of drug-likeness (QED) is 0.890. The van der Waals surface area contributed by atoms with Crippen LogP contribution < -0.4 is 5.32 Å². The highest BCUT2D eigenvalue weighted by Crippen LogP contribution is 2.20. The van der Waals surface area contributed by atoms with Gasteiger partial charge < -0.3 is 15.2 Å². The summed E-state index contributed by atoms with van der Waals surface area (Å²) in [5, 5.41) is 12.6. The van der Waals surface area contributed by atoms with Gasteiger partial charge in [0.2, 0.25) is 0 Å². The monoisotopic (exact) mass is 329 g/mol. The number of aliphatic hydroxyl groups excluding tert-OH is 1. The third-order valence-electron chi connectivity index (χ3n) is 2.32. The molecule has 0 heterocycles. The van der Waals surface area contributed by atoms with Crippen LogP contribution in [0.4, 0.5) is 4.79 Å². The van der Waals surface area contributed by atoms with Crippen molar-refractivity contribution in [3.8, 4) is 0 Å². The van der Waals surface area contributed by atoms with Gasteiger partial charge in [-0.25, -0.2) is 4.79 Å². The molecular formula is C14H20BrNO3. The minimum atomic E-state index is -0.604. The van der Waals surface area contributed by atoms with E-state index in [1.165, 1.54) is 0 Å². The number of nitrogens with one attached hydrogen (secondary N) is 1. The number of halogens is 1. The van der Waals surface area contributed by atoms with Crippen molar-refractivity contribution >= 4 is 22.0 Å². The Morgan fingerprint density at radius 3 is 2.74 bits per heavy atom. The molecule has 0 bridgehead atoms. The van der Waals surface area contributed by atoms with E-state index in [-0.39, 0.29) is 0 Å². The van der Waals surface area contributed by atoms with Crippen molar-refractivity contribution in [1.82, 2.24) is 5.32 Å². The van der Waals surface area contributed by atoms with E-state index in [9.17, 15) is 9.90 Å². The molecule has 2 N–H and O–H groups in total. The highest BCUT2D eigenvalue weighted by Gasteiger charge is 2.16. The van der Waals surface area contributed by atoms with E-state index in [1.54, 1.807) is 0 Å². The molecule has 5 heteroatoms. The van der Waals surface area contributed by atoms with Crippen molar-refractivity contribution < 1.29 is 14.6 Å². The summed E-state index contributed by atoms with van der Waals surface area (Å²) >= 11 is 3.35. The van der Waals surface area contributed by atoms with Gasteiger partial charge in [-0.3, -0.25) is 0 Å². The molecule has 0 aliphatic carbocycles. The molecule has 1 aromatic rings. The summed E-state index contributed by atoms with van der Waals surface area (Å²) in [7, 11) is 0. The van der Waals surface area contributed by atoms with Crippen LogP contribution in [0.25, 0.3) is 0 Å². The van der Waals surface area contributed by atoms with Gasteiger partial charge in [0.1, 0.15) is 5.60 Å². The number of ether oxygens (including phenoxy) is 1. The average molecular weight is 330 g/mol. The van der Waals surface area contributed by atoms with Crippen LogP contribution in [0.1, 0.15) is 38.9 Å². The van der Waals surface area contributed by atoms with E-state index >= 15 is 0 Å². The Balaban J connectivity index is 2.35. The lowest BCUT2D eigenvalue weighted by molar-refractivity contribution is 0.0518. The topological polar surface area (TPSA) is 58.6 Å². The molecule has 0 spiro atoms. The maximum Gasteiger partial charge on any atom is 0.407 e. The Kier molecular flexibility index (Phi) is 5.82. The van der Waals surface area contributed by atoms with Crippen LogP contribution in [-0.2, 0) is 4.74 Å². The fraction of sp³-hybridized carbons (Fsp3) is 0.500. The Labute approximate surface area is 122 Å². The Hall–Kier alpha value is -1.07. The lowest BCUT2D eigenvalue weighted by atomic mass is 10.1. The zero-order chi connectivity index (χ0) is 14.5. The summed E-state index contributed by atoms with van der Waals surface area (Å²) in [4.78, 5) is 11.4. The van der Waals surface area contributed by atoms with Gasteiger partial charge in [0.15, 0.2) is 0 Å². The van der Waals surface area contributed by atoms with E-state index in [4.69, 9.17) is 4.74 Å². The Morgan fingerprint density at radius 2 is 2.16 bits per heavy atom. The molecule has 0 radical (unpaired) electrons. The molecule has 0 aliphatic rings. The van der Waals surface area contributed by atoms with Crippen molar-refractivity contribution in [1.29, 1.82) is 0 Å². The van der Waals surface area contributed by atoms with Crippen molar-refractivity contribution in [3.05, 3.63) is 34.3 Å². The standard InChI is InChI=1S/C14H20BrNO3/c1-14(2,3)19-13(18)16-8-7-12(17)10-5-4-6-11(15)9-10/h4-6,9,12,17H,7-8H2,1-3H3,(H,16,18). The smallest absolute Gasteiger partial charge is 0.407 e. The predicted octanol–water partition coefficient (Wildman–Crippen LogP) is 3.40. The molecule has 0 aliphatic heterocycles. The molecule has 1 aromatic carbocycles. The minimum Gasteiger partial charge on any atom is -0.444 e. The molecule has 0 aromatic heterocycles. The molecule has 1 atom stereocenters. The van der Waals surface area contributed by atoms with Crippen LogP contribution in [0.2, 0.25) is 0 Å². The molecule has 0 fully saturated rings. The normalized spacial score (nSPS) is 12.9. The maximum atomic E-state index is 11.4. The minimum absolute atomic E-state index is 0.364. The predicted molar refractivity (Wildman–Crippen MR) is 78.0 cm³/mol. The van der Waals surface area contributed by atoms with E-state index in [2.05, 4.69) is 21.2 Å². The SMILES string of the molecule is CC(C)(C)OC(=O)NCCC(O)c1cccc(Br)c1. The fourth-order valence-electron chi connectivity index (χ4n) is 1.51. The van der Waals surface area contributed by atoms with Crippen LogP contribution in [0.5, 0.6) is 0 Å². The second-order valence-electron chi connectivity index (χ2n) is 5.29. The zero-order valence-electron chi connectivity index (χ0n) is 11.4. The third-order valence-corrected chi connectivity index (χ3v) is 2.81. The molecule has 1 unspecified atom stereocenters. The van der Waals surface area contributed by atoms with Gasteiger partial charge in [0, 0.05) is 11.0 Å². The first-order chi connectivity index (χ1) is 8.78. The molecule has 1 rings (SSSR count). The molecule has 4 nitrogen and oxygen atoms in total. The summed E-state index contributed by atoms with van der Waals surface area (Å²) in [5.41, 5.74) is 0.313. The number of carbonyl (C=O) groups is 1. The third kappa shape index (κ3) is 6.59. The van der Waals surface area contributed by atoms with E-state index in [0.29, 0.717) is 13.0 Å². The summed E-state index contributed by atoms with van der Waals surface area (Å²) < 4.78 is 6.03.